The Balaban J connectivity index is 2.29. The van der Waals surface area contributed by atoms with Crippen molar-refractivity contribution in [2.45, 2.75) is 26.3 Å². The van der Waals surface area contributed by atoms with Crippen molar-refractivity contribution in [3.05, 3.63) is 32.7 Å². The van der Waals surface area contributed by atoms with Gasteiger partial charge in [0.25, 0.3) is 0 Å². The van der Waals surface area contributed by atoms with Crippen LogP contribution in [0, 0.1) is 0 Å². The van der Waals surface area contributed by atoms with Crippen LogP contribution in [0.5, 0.6) is 0 Å². The summed E-state index contributed by atoms with van der Waals surface area (Å²) in [5.41, 5.74) is 0.995. The van der Waals surface area contributed by atoms with Crippen LogP contribution in [-0.2, 0) is 0 Å². The largest absolute Gasteiger partial charge is 0.308 e. The maximum absolute atomic E-state index is 6.06. The molecule has 1 heterocycles. The van der Waals surface area contributed by atoms with Crippen LogP contribution in [0.25, 0.3) is 10.6 Å². The van der Waals surface area contributed by atoms with Crippen LogP contribution in [0.4, 0.5) is 0 Å². The summed E-state index contributed by atoms with van der Waals surface area (Å²) < 4.78 is 0.950. The van der Waals surface area contributed by atoms with Crippen LogP contribution in [0.15, 0.2) is 22.7 Å². The molecule has 1 atom stereocenters. The monoisotopic (exact) mass is 359 g/mol. The molecule has 0 saturated carbocycles. The van der Waals surface area contributed by atoms with Crippen molar-refractivity contribution in [2.75, 3.05) is 6.54 Å². The van der Waals surface area contributed by atoms with Crippen molar-refractivity contribution >= 4 is 38.9 Å². The highest BCUT2D eigenvalue weighted by molar-refractivity contribution is 9.10. The van der Waals surface area contributed by atoms with Crippen LogP contribution in [-0.4, -0.2) is 16.7 Å². The highest BCUT2D eigenvalue weighted by Crippen LogP contribution is 2.31. The highest BCUT2D eigenvalue weighted by atomic mass is 79.9. The summed E-state index contributed by atoms with van der Waals surface area (Å²) in [4.78, 5) is 0. The Bertz CT molecular complexity index is 538. The first kappa shape index (κ1) is 14.9. The van der Waals surface area contributed by atoms with E-state index in [2.05, 4.69) is 45.3 Å². The van der Waals surface area contributed by atoms with E-state index in [-0.39, 0.29) is 6.04 Å². The number of nitrogens with zero attached hydrogens (tertiary/aromatic N) is 2. The summed E-state index contributed by atoms with van der Waals surface area (Å²) in [6.07, 6.45) is 1.00. The van der Waals surface area contributed by atoms with Gasteiger partial charge in [0.15, 0.2) is 0 Å². The zero-order valence-corrected chi connectivity index (χ0v) is 13.9. The van der Waals surface area contributed by atoms with Gasteiger partial charge in [-0.2, -0.15) is 0 Å². The smallest absolute Gasteiger partial charge is 0.147 e. The first-order valence-electron chi connectivity index (χ1n) is 6.17. The summed E-state index contributed by atoms with van der Waals surface area (Å²) in [6, 6.07) is 6.05. The average molecular weight is 361 g/mol. The fourth-order valence-electron chi connectivity index (χ4n) is 1.82. The zero-order chi connectivity index (χ0) is 13.8. The molecular weight excluding hydrogens is 346 g/mol. The number of rotatable bonds is 5. The molecule has 19 heavy (non-hydrogen) atoms. The molecule has 2 rings (SSSR count). The maximum atomic E-state index is 6.06. The molecule has 0 aliphatic heterocycles. The lowest BCUT2D eigenvalue weighted by Gasteiger charge is -2.10. The molecule has 1 N–H and O–H groups in total. The van der Waals surface area contributed by atoms with Crippen molar-refractivity contribution in [3.8, 4) is 10.6 Å². The topological polar surface area (TPSA) is 37.8 Å². The molecule has 2 aromatic rings. The van der Waals surface area contributed by atoms with E-state index in [1.165, 1.54) is 0 Å². The summed E-state index contributed by atoms with van der Waals surface area (Å²) >= 11 is 11.1. The van der Waals surface area contributed by atoms with Gasteiger partial charge in [0, 0.05) is 15.1 Å². The van der Waals surface area contributed by atoms with Crippen molar-refractivity contribution < 1.29 is 0 Å². The molecule has 3 nitrogen and oxygen atoms in total. The van der Waals surface area contributed by atoms with Crippen LogP contribution in [0.2, 0.25) is 5.02 Å². The Labute approximate surface area is 130 Å². The van der Waals surface area contributed by atoms with E-state index >= 15 is 0 Å². The molecule has 0 spiro atoms. The number of benzene rings is 1. The summed E-state index contributed by atoms with van der Waals surface area (Å²) in [5, 5.41) is 14.6. The second-order valence-corrected chi connectivity index (χ2v) is 6.48. The Morgan fingerprint density at radius 3 is 2.74 bits per heavy atom. The third-order valence-corrected chi connectivity index (χ3v) is 4.47. The second kappa shape index (κ2) is 6.79. The third-order valence-electron chi connectivity index (χ3n) is 2.71. The molecule has 0 bridgehead atoms. The molecule has 6 heteroatoms. The second-order valence-electron chi connectivity index (χ2n) is 4.12. The normalized spacial score (nSPS) is 12.6. The predicted molar refractivity (Wildman–Crippen MR) is 84.8 cm³/mol. The summed E-state index contributed by atoms with van der Waals surface area (Å²) in [6.45, 7) is 5.17. The number of nitrogens with one attached hydrogen (secondary N) is 1. The van der Waals surface area contributed by atoms with Gasteiger partial charge in [-0.3, -0.25) is 0 Å². The lowest BCUT2D eigenvalue weighted by molar-refractivity contribution is 0.531. The SMILES string of the molecule is CCNC(CC)c1nnc(-c2cc(Cl)cc(Br)c2)s1. The highest BCUT2D eigenvalue weighted by Gasteiger charge is 2.15. The first-order valence-corrected chi connectivity index (χ1v) is 8.16. The molecule has 0 radical (unpaired) electrons. The fourth-order valence-corrected chi connectivity index (χ4v) is 3.67. The average Bonchev–Trinajstić information content (AvgIpc) is 2.84. The van der Waals surface area contributed by atoms with Gasteiger partial charge in [-0.25, -0.2) is 0 Å². The summed E-state index contributed by atoms with van der Waals surface area (Å²) in [7, 11) is 0. The standard InChI is InChI=1S/C13H15BrClN3S/c1-3-11(16-4-2)13-18-17-12(19-13)8-5-9(14)7-10(15)6-8/h5-7,11,16H,3-4H2,1-2H3. The van der Waals surface area contributed by atoms with Crippen LogP contribution >= 0.6 is 38.9 Å². The number of hydrogen-bond donors (Lipinski definition) is 1. The Kier molecular flexibility index (Phi) is 5.33. The van der Waals surface area contributed by atoms with Crippen molar-refractivity contribution in [1.82, 2.24) is 15.5 Å². The van der Waals surface area contributed by atoms with Gasteiger partial charge in [-0.05, 0) is 31.2 Å². The minimum absolute atomic E-state index is 0.277. The van der Waals surface area contributed by atoms with Gasteiger partial charge in [0.2, 0.25) is 0 Å². The molecule has 0 saturated heterocycles. The Hall–Kier alpha value is -0.490. The van der Waals surface area contributed by atoms with Crippen molar-refractivity contribution in [3.63, 3.8) is 0 Å². The fraction of sp³-hybridized carbons (Fsp3) is 0.385. The number of hydrogen-bond acceptors (Lipinski definition) is 4. The van der Waals surface area contributed by atoms with E-state index in [4.69, 9.17) is 11.6 Å². The molecule has 0 fully saturated rings. The van der Waals surface area contributed by atoms with Gasteiger partial charge in [-0.15, -0.1) is 10.2 Å². The molecule has 102 valence electrons. The Morgan fingerprint density at radius 2 is 2.11 bits per heavy atom. The lowest BCUT2D eigenvalue weighted by atomic mass is 10.2. The maximum Gasteiger partial charge on any atom is 0.147 e. The predicted octanol–water partition coefficient (Wildman–Crippen LogP) is 4.68. The minimum atomic E-state index is 0.277. The van der Waals surface area contributed by atoms with Gasteiger partial charge < -0.3 is 5.32 Å². The molecule has 0 aliphatic rings. The van der Waals surface area contributed by atoms with Crippen molar-refractivity contribution in [1.29, 1.82) is 0 Å². The Morgan fingerprint density at radius 1 is 1.32 bits per heavy atom. The molecule has 1 aromatic carbocycles. The molecule has 1 aromatic heterocycles. The van der Waals surface area contributed by atoms with Crippen LogP contribution in [0.3, 0.4) is 0 Å². The zero-order valence-electron chi connectivity index (χ0n) is 10.8. The quantitative estimate of drug-likeness (QED) is 0.841. The molecule has 0 aliphatic carbocycles. The van der Waals surface area contributed by atoms with E-state index in [1.807, 2.05) is 18.2 Å². The van der Waals surface area contributed by atoms with E-state index in [9.17, 15) is 0 Å². The number of aromatic nitrogens is 2. The van der Waals surface area contributed by atoms with Gasteiger partial charge in [0.05, 0.1) is 6.04 Å². The molecular formula is C13H15BrClN3S. The summed E-state index contributed by atoms with van der Waals surface area (Å²) in [5.74, 6) is 0. The van der Waals surface area contributed by atoms with Gasteiger partial charge in [0.1, 0.15) is 10.0 Å². The van der Waals surface area contributed by atoms with Crippen molar-refractivity contribution in [2.24, 2.45) is 0 Å². The van der Waals surface area contributed by atoms with Gasteiger partial charge in [-0.1, -0.05) is 52.7 Å². The van der Waals surface area contributed by atoms with Gasteiger partial charge >= 0.3 is 0 Å². The lowest BCUT2D eigenvalue weighted by Crippen LogP contribution is -2.19. The van der Waals surface area contributed by atoms with E-state index in [0.29, 0.717) is 5.02 Å². The van der Waals surface area contributed by atoms with E-state index in [0.717, 1.165) is 33.0 Å². The number of halogens is 2. The van der Waals surface area contributed by atoms with E-state index < -0.39 is 0 Å². The molecule has 1 unspecified atom stereocenters. The minimum Gasteiger partial charge on any atom is -0.308 e. The van der Waals surface area contributed by atoms with Crippen LogP contribution < -0.4 is 5.32 Å². The molecule has 0 amide bonds. The van der Waals surface area contributed by atoms with E-state index in [1.54, 1.807) is 11.3 Å². The van der Waals surface area contributed by atoms with Crippen LogP contribution in [0.1, 0.15) is 31.3 Å². The first-order chi connectivity index (χ1) is 9.13. The third kappa shape index (κ3) is 3.75.